The Balaban J connectivity index is 7.49. The SMILES string of the molecule is FN(C(F)(F)C(F)(F)F)C(F)(F)C(F)(F)C(F)(F)C(F)(F)C(F)(F)C(F)(F)C(F)(F)C(F)(F)C(F)(F)C(F)(F)C(F)(F)C(F)(F)F. The van der Waals surface area contributed by atoms with Gasteiger partial charge in [0.2, 0.25) is 0 Å². The molecule has 0 aliphatic carbocycles. The number of rotatable bonds is 12. The van der Waals surface area contributed by atoms with Crippen molar-refractivity contribution in [2.45, 2.75) is 83.7 Å². The van der Waals surface area contributed by atoms with Crippen LogP contribution in [0.1, 0.15) is 0 Å². The lowest BCUT2D eigenvalue weighted by Crippen LogP contribution is -2.79. The van der Waals surface area contributed by atoms with Crippen LogP contribution in [-0.4, -0.2) is 88.8 Å². The first kappa shape index (κ1) is 43.8. The van der Waals surface area contributed by atoms with Crippen molar-refractivity contribution in [1.82, 2.24) is 5.12 Å². The zero-order valence-corrected chi connectivity index (χ0v) is 19.2. The second-order valence-corrected chi connectivity index (χ2v) is 8.10. The van der Waals surface area contributed by atoms with Crippen molar-refractivity contribution < 1.29 is 136 Å². The van der Waals surface area contributed by atoms with Crippen molar-refractivity contribution in [3.63, 3.8) is 0 Å². The molecule has 0 aromatic heterocycles. The molecule has 0 amide bonds. The predicted molar refractivity (Wildman–Crippen MR) is 74.4 cm³/mol. The standard InChI is InChI=1S/C14F31N/c15-1(16,3(19,20)5(23,24)7(27,28)9(31,32)11(35,36)37)2(17,18)4(21,22)6(25,26)8(29,30)10(33,34)13(41,42)46(45)14(43,44)12(38,39)40. The van der Waals surface area contributed by atoms with Crippen LogP contribution in [-0.2, 0) is 0 Å². The van der Waals surface area contributed by atoms with E-state index in [1.807, 2.05) is 0 Å². The number of halogens is 31. The lowest BCUT2D eigenvalue weighted by molar-refractivity contribution is -0.505. The summed E-state index contributed by atoms with van der Waals surface area (Å²) in [6.45, 7) is 0. The fourth-order valence-electron chi connectivity index (χ4n) is 2.36. The van der Waals surface area contributed by atoms with Gasteiger partial charge < -0.3 is 0 Å². The van der Waals surface area contributed by atoms with Crippen molar-refractivity contribution >= 4 is 0 Å². The van der Waals surface area contributed by atoms with Gasteiger partial charge in [0.05, 0.1) is 0 Å². The fraction of sp³-hybridized carbons (Fsp3) is 1.00. The molecule has 0 bridgehead atoms. The Hall–Kier alpha value is -2.21. The second-order valence-electron chi connectivity index (χ2n) is 8.10. The summed E-state index contributed by atoms with van der Waals surface area (Å²) in [6.07, 6.45) is -16.3. The van der Waals surface area contributed by atoms with E-state index in [-0.39, 0.29) is 0 Å². The summed E-state index contributed by atoms with van der Waals surface area (Å²) in [5, 5.41) is -5.20. The summed E-state index contributed by atoms with van der Waals surface area (Å²) < 4.78 is 403. The summed E-state index contributed by atoms with van der Waals surface area (Å²) in [7, 11) is 0. The van der Waals surface area contributed by atoms with E-state index in [0.29, 0.717) is 0 Å². The Bertz CT molecular complexity index is 1100. The molecule has 0 saturated heterocycles. The summed E-state index contributed by atoms with van der Waals surface area (Å²) in [5.74, 6) is -96.7. The third kappa shape index (κ3) is 5.01. The molecule has 0 atom stereocenters. The van der Waals surface area contributed by atoms with Crippen molar-refractivity contribution in [2.75, 3.05) is 0 Å². The Morgan fingerprint density at radius 3 is 0.543 bits per heavy atom. The zero-order valence-electron chi connectivity index (χ0n) is 19.2. The van der Waals surface area contributed by atoms with Gasteiger partial charge in [-0.15, -0.1) is 4.48 Å². The third-order valence-corrected chi connectivity index (χ3v) is 5.12. The highest BCUT2D eigenvalue weighted by atomic mass is 19.4. The molecular formula is C14F31N. The average Bonchev–Trinajstić information content (AvgIpc) is 2.80. The average molecular weight is 771 g/mol. The first-order valence-electron chi connectivity index (χ1n) is 9.29. The molecule has 32 heteroatoms. The summed E-state index contributed by atoms with van der Waals surface area (Å²) in [6, 6.07) is -17.4. The maximum atomic E-state index is 13.6. The molecule has 0 rings (SSSR count). The molecule has 46 heavy (non-hydrogen) atoms. The van der Waals surface area contributed by atoms with Gasteiger partial charge in [-0.05, 0) is 5.12 Å². The molecule has 0 saturated carbocycles. The lowest BCUT2D eigenvalue weighted by atomic mass is 9.85. The fourth-order valence-corrected chi connectivity index (χ4v) is 2.36. The minimum Gasteiger partial charge on any atom is -0.192 e. The molecule has 278 valence electrons. The Morgan fingerprint density at radius 1 is 0.196 bits per heavy atom. The molecular weight excluding hydrogens is 771 g/mol. The van der Waals surface area contributed by atoms with Gasteiger partial charge in [-0.2, -0.15) is 132 Å². The van der Waals surface area contributed by atoms with Crippen LogP contribution < -0.4 is 0 Å². The topological polar surface area (TPSA) is 3.24 Å². The normalized spacial score (nSPS) is 17.2. The van der Waals surface area contributed by atoms with Crippen molar-refractivity contribution in [3.8, 4) is 0 Å². The zero-order chi connectivity index (χ0) is 38.6. The minimum atomic E-state index is -10.00. The van der Waals surface area contributed by atoms with E-state index >= 15 is 0 Å². The molecule has 0 aromatic rings. The van der Waals surface area contributed by atoms with Gasteiger partial charge in [0, 0.05) is 0 Å². The van der Waals surface area contributed by atoms with Gasteiger partial charge >= 0.3 is 83.7 Å². The number of hydrogen-bond donors (Lipinski definition) is 0. The van der Waals surface area contributed by atoms with Crippen LogP contribution >= 0.6 is 0 Å². The van der Waals surface area contributed by atoms with E-state index in [0.717, 1.165) is 0 Å². The molecule has 0 aliphatic heterocycles. The van der Waals surface area contributed by atoms with Gasteiger partial charge in [0.25, 0.3) is 0 Å². The van der Waals surface area contributed by atoms with E-state index in [1.54, 1.807) is 0 Å². The summed E-state index contributed by atoms with van der Waals surface area (Å²) in [5.41, 5.74) is 0. The van der Waals surface area contributed by atoms with E-state index < -0.39 is 88.8 Å². The largest absolute Gasteiger partial charge is 0.472 e. The predicted octanol–water partition coefficient (Wildman–Crippen LogP) is 9.84. The lowest BCUT2D eigenvalue weighted by Gasteiger charge is -2.46. The molecule has 0 aromatic carbocycles. The molecule has 0 aliphatic rings. The molecule has 1 nitrogen and oxygen atoms in total. The maximum Gasteiger partial charge on any atom is 0.472 e. The van der Waals surface area contributed by atoms with Gasteiger partial charge in [-0.1, -0.05) is 0 Å². The van der Waals surface area contributed by atoms with Crippen LogP contribution in [0.5, 0.6) is 0 Å². The number of alkyl halides is 30. The van der Waals surface area contributed by atoms with Gasteiger partial charge in [0.1, 0.15) is 0 Å². The smallest absolute Gasteiger partial charge is 0.192 e. The highest BCUT2D eigenvalue weighted by Gasteiger charge is 3.00. The van der Waals surface area contributed by atoms with Gasteiger partial charge in [-0.25, -0.2) is 0 Å². The van der Waals surface area contributed by atoms with Crippen molar-refractivity contribution in [1.29, 1.82) is 0 Å². The third-order valence-electron chi connectivity index (χ3n) is 5.12. The molecule has 0 radical (unpaired) electrons. The number of hydrogen-bond acceptors (Lipinski definition) is 1. The van der Waals surface area contributed by atoms with E-state index in [4.69, 9.17) is 0 Å². The Labute approximate surface area is 226 Å². The van der Waals surface area contributed by atoms with Crippen LogP contribution in [0.3, 0.4) is 0 Å². The van der Waals surface area contributed by atoms with Crippen LogP contribution in [0.25, 0.3) is 0 Å². The van der Waals surface area contributed by atoms with Crippen molar-refractivity contribution in [2.24, 2.45) is 0 Å². The first-order valence-corrected chi connectivity index (χ1v) is 9.29. The molecule has 0 fully saturated rings. The second kappa shape index (κ2) is 10.4. The van der Waals surface area contributed by atoms with Crippen molar-refractivity contribution in [3.05, 3.63) is 0 Å². The monoisotopic (exact) mass is 771 g/mol. The van der Waals surface area contributed by atoms with E-state index in [2.05, 4.69) is 0 Å². The quantitative estimate of drug-likeness (QED) is 0.109. The minimum absolute atomic E-state index is 5.20. The maximum absolute atomic E-state index is 13.6. The first-order chi connectivity index (χ1) is 19.2. The van der Waals surface area contributed by atoms with E-state index in [9.17, 15) is 136 Å². The van der Waals surface area contributed by atoms with Crippen LogP contribution in [0.15, 0.2) is 0 Å². The van der Waals surface area contributed by atoms with Gasteiger partial charge in [0.15, 0.2) is 0 Å². The highest BCUT2D eigenvalue weighted by Crippen LogP contribution is 2.68. The van der Waals surface area contributed by atoms with Crippen LogP contribution in [0.4, 0.5) is 136 Å². The highest BCUT2D eigenvalue weighted by molar-refractivity contribution is 5.19. The van der Waals surface area contributed by atoms with E-state index in [1.165, 1.54) is 0 Å². The summed E-state index contributed by atoms with van der Waals surface area (Å²) in [4.78, 5) is 0. The van der Waals surface area contributed by atoms with Crippen LogP contribution in [0.2, 0.25) is 0 Å². The molecule has 0 N–H and O–H groups in total. The molecule has 0 heterocycles. The van der Waals surface area contributed by atoms with Crippen LogP contribution in [0, 0.1) is 0 Å². The number of nitrogens with zero attached hydrogens (tertiary/aromatic N) is 1. The Kier molecular flexibility index (Phi) is 9.89. The molecule has 0 unspecified atom stereocenters. The Morgan fingerprint density at radius 2 is 0.370 bits per heavy atom. The van der Waals surface area contributed by atoms with Gasteiger partial charge in [-0.3, -0.25) is 0 Å². The molecule has 0 spiro atoms. The summed E-state index contributed by atoms with van der Waals surface area (Å²) >= 11 is 0.